The van der Waals surface area contributed by atoms with E-state index in [-0.39, 0.29) is 23.5 Å². The van der Waals surface area contributed by atoms with Crippen LogP contribution in [0.15, 0.2) is 29.2 Å². The van der Waals surface area contributed by atoms with Crippen molar-refractivity contribution < 1.29 is 13.3 Å². The summed E-state index contributed by atoms with van der Waals surface area (Å²) >= 11 is 0. The van der Waals surface area contributed by atoms with Crippen molar-refractivity contribution in [3.8, 4) is 6.07 Å². The Morgan fingerprint density at radius 1 is 1.50 bits per heavy atom. The third-order valence-corrected chi connectivity index (χ3v) is 4.13. The molecule has 0 radical (unpaired) electrons. The summed E-state index contributed by atoms with van der Waals surface area (Å²) in [7, 11) is -2.46. The normalized spacial score (nSPS) is 11.2. The second kappa shape index (κ2) is 5.57. The van der Waals surface area contributed by atoms with E-state index in [0.717, 1.165) is 10.4 Å². The first-order valence-electron chi connectivity index (χ1n) is 4.97. The number of nitrogens with zero attached hydrogens (tertiary/aromatic N) is 3. The molecule has 0 aromatic heterocycles. The molecule has 0 saturated heterocycles. The molecule has 0 aliphatic carbocycles. The quantitative estimate of drug-likeness (QED) is 0.588. The predicted octanol–water partition coefficient (Wildman–Crippen LogP) is 1.13. The molecule has 18 heavy (non-hydrogen) atoms. The van der Waals surface area contributed by atoms with Gasteiger partial charge in [0.05, 0.1) is 15.9 Å². The molecular formula is C10H11N3O4S. The third-order valence-electron chi connectivity index (χ3n) is 2.28. The molecule has 1 rings (SSSR count). The van der Waals surface area contributed by atoms with Gasteiger partial charge in [-0.1, -0.05) is 6.07 Å². The molecule has 0 unspecified atom stereocenters. The molecule has 0 aliphatic heterocycles. The third kappa shape index (κ3) is 3.03. The lowest BCUT2D eigenvalue weighted by Gasteiger charge is -2.15. The summed E-state index contributed by atoms with van der Waals surface area (Å²) in [4.78, 5) is 9.76. The van der Waals surface area contributed by atoms with Crippen molar-refractivity contribution in [2.45, 2.75) is 11.3 Å². The zero-order valence-corrected chi connectivity index (χ0v) is 10.4. The molecule has 96 valence electrons. The maximum absolute atomic E-state index is 12.0. The lowest BCUT2D eigenvalue weighted by atomic mass is 10.3. The van der Waals surface area contributed by atoms with Gasteiger partial charge in [-0.3, -0.25) is 10.1 Å². The smallest absolute Gasteiger partial charge is 0.258 e. The zero-order chi connectivity index (χ0) is 13.8. The Morgan fingerprint density at radius 3 is 2.72 bits per heavy atom. The maximum Gasteiger partial charge on any atom is 0.270 e. The van der Waals surface area contributed by atoms with Crippen molar-refractivity contribution in [3.05, 3.63) is 34.4 Å². The van der Waals surface area contributed by atoms with Gasteiger partial charge in [-0.2, -0.15) is 9.57 Å². The molecule has 0 aliphatic rings. The summed E-state index contributed by atoms with van der Waals surface area (Å²) in [5.41, 5.74) is -0.287. The zero-order valence-electron chi connectivity index (χ0n) is 9.61. The lowest BCUT2D eigenvalue weighted by Crippen LogP contribution is -2.27. The summed E-state index contributed by atoms with van der Waals surface area (Å²) in [6.45, 7) is 0.0432. The number of sulfonamides is 1. The van der Waals surface area contributed by atoms with Crippen LogP contribution in [0, 0.1) is 21.4 Å². The van der Waals surface area contributed by atoms with Gasteiger partial charge < -0.3 is 0 Å². The summed E-state index contributed by atoms with van der Waals surface area (Å²) in [5.74, 6) is 0. The number of hydrogen-bond donors (Lipinski definition) is 0. The van der Waals surface area contributed by atoms with Gasteiger partial charge in [0.1, 0.15) is 0 Å². The number of nitro groups is 1. The Morgan fingerprint density at radius 2 is 2.17 bits per heavy atom. The van der Waals surface area contributed by atoms with Crippen molar-refractivity contribution in [2.24, 2.45) is 0 Å². The number of nitro benzene ring substituents is 1. The molecule has 0 heterocycles. The van der Waals surface area contributed by atoms with Crippen LogP contribution < -0.4 is 0 Å². The van der Waals surface area contributed by atoms with E-state index in [0.29, 0.717) is 0 Å². The van der Waals surface area contributed by atoms with E-state index >= 15 is 0 Å². The highest BCUT2D eigenvalue weighted by atomic mass is 32.2. The molecule has 0 saturated carbocycles. The van der Waals surface area contributed by atoms with Crippen molar-refractivity contribution in [3.63, 3.8) is 0 Å². The van der Waals surface area contributed by atoms with Gasteiger partial charge in [0.2, 0.25) is 10.0 Å². The molecule has 1 aromatic carbocycles. The van der Waals surface area contributed by atoms with Gasteiger partial charge in [-0.25, -0.2) is 8.42 Å². The standard InChI is InChI=1S/C10H11N3O4S/c1-12(7-3-6-11)18(16,17)10-5-2-4-9(8-10)13(14)15/h2,4-5,8H,3,7H2,1H3. The Bertz CT molecular complexity index is 591. The van der Waals surface area contributed by atoms with E-state index in [1.165, 1.54) is 25.2 Å². The second-order valence-electron chi connectivity index (χ2n) is 3.49. The summed E-state index contributed by atoms with van der Waals surface area (Å²) < 4.78 is 25.0. The molecule has 0 fully saturated rings. The second-order valence-corrected chi connectivity index (χ2v) is 5.53. The largest absolute Gasteiger partial charge is 0.270 e. The predicted molar refractivity (Wildman–Crippen MR) is 63.1 cm³/mol. The molecule has 8 heteroatoms. The molecule has 0 atom stereocenters. The van der Waals surface area contributed by atoms with Gasteiger partial charge in [-0.15, -0.1) is 0 Å². The van der Waals surface area contributed by atoms with Gasteiger partial charge >= 0.3 is 0 Å². The minimum absolute atomic E-state index is 0.0432. The SMILES string of the molecule is CN(CCC#N)S(=O)(=O)c1cccc([N+](=O)[O-])c1. The van der Waals surface area contributed by atoms with Crippen LogP contribution in [-0.4, -0.2) is 31.2 Å². The van der Waals surface area contributed by atoms with Crippen LogP contribution in [0.3, 0.4) is 0 Å². The van der Waals surface area contributed by atoms with E-state index < -0.39 is 14.9 Å². The van der Waals surface area contributed by atoms with Crippen LogP contribution in [0.2, 0.25) is 0 Å². The van der Waals surface area contributed by atoms with E-state index in [9.17, 15) is 18.5 Å². The highest BCUT2D eigenvalue weighted by Gasteiger charge is 2.22. The number of non-ortho nitro benzene ring substituents is 1. The minimum Gasteiger partial charge on any atom is -0.258 e. The fraction of sp³-hybridized carbons (Fsp3) is 0.300. The van der Waals surface area contributed by atoms with Gasteiger partial charge in [0.15, 0.2) is 0 Å². The van der Waals surface area contributed by atoms with Crippen LogP contribution in [0.4, 0.5) is 5.69 Å². The van der Waals surface area contributed by atoms with Crippen LogP contribution in [-0.2, 0) is 10.0 Å². The van der Waals surface area contributed by atoms with Crippen LogP contribution in [0.25, 0.3) is 0 Å². The average Bonchev–Trinajstić information content (AvgIpc) is 2.35. The Hall–Kier alpha value is -1.98. The first kappa shape index (κ1) is 14.1. The minimum atomic E-state index is -3.79. The molecular weight excluding hydrogens is 258 g/mol. The highest BCUT2D eigenvalue weighted by molar-refractivity contribution is 7.89. The summed E-state index contributed by atoms with van der Waals surface area (Å²) in [6.07, 6.45) is 0.0602. The molecule has 7 nitrogen and oxygen atoms in total. The lowest BCUT2D eigenvalue weighted by molar-refractivity contribution is -0.385. The van der Waals surface area contributed by atoms with Gasteiger partial charge in [0.25, 0.3) is 5.69 Å². The molecule has 0 N–H and O–H groups in total. The van der Waals surface area contributed by atoms with Crippen LogP contribution >= 0.6 is 0 Å². The van der Waals surface area contributed by atoms with Crippen LogP contribution in [0.5, 0.6) is 0 Å². The Balaban J connectivity index is 3.09. The van der Waals surface area contributed by atoms with Crippen molar-refractivity contribution >= 4 is 15.7 Å². The average molecular weight is 269 g/mol. The van der Waals surface area contributed by atoms with E-state index in [4.69, 9.17) is 5.26 Å². The highest BCUT2D eigenvalue weighted by Crippen LogP contribution is 2.20. The maximum atomic E-state index is 12.0. The topological polar surface area (TPSA) is 104 Å². The van der Waals surface area contributed by atoms with Crippen molar-refractivity contribution in [1.29, 1.82) is 5.26 Å². The fourth-order valence-electron chi connectivity index (χ4n) is 1.27. The van der Waals surface area contributed by atoms with E-state index in [2.05, 4.69) is 0 Å². The monoisotopic (exact) mass is 269 g/mol. The summed E-state index contributed by atoms with van der Waals surface area (Å²) in [5, 5.41) is 19.0. The molecule has 0 bridgehead atoms. The fourth-order valence-corrected chi connectivity index (χ4v) is 2.48. The van der Waals surface area contributed by atoms with E-state index in [1.54, 1.807) is 0 Å². The van der Waals surface area contributed by atoms with Crippen molar-refractivity contribution in [2.75, 3.05) is 13.6 Å². The molecule has 1 aromatic rings. The molecule has 0 spiro atoms. The summed E-state index contributed by atoms with van der Waals surface area (Å²) in [6, 6.07) is 6.64. The Labute approximate surface area is 104 Å². The number of benzene rings is 1. The first-order valence-corrected chi connectivity index (χ1v) is 6.41. The van der Waals surface area contributed by atoms with Gasteiger partial charge in [0, 0.05) is 32.1 Å². The van der Waals surface area contributed by atoms with Crippen LogP contribution in [0.1, 0.15) is 6.42 Å². The van der Waals surface area contributed by atoms with Gasteiger partial charge in [-0.05, 0) is 6.07 Å². The van der Waals surface area contributed by atoms with E-state index in [1.807, 2.05) is 6.07 Å². The van der Waals surface area contributed by atoms with Crippen molar-refractivity contribution in [1.82, 2.24) is 4.31 Å². The number of rotatable bonds is 5. The first-order chi connectivity index (χ1) is 8.39. The molecule has 0 amide bonds. The number of hydrogen-bond acceptors (Lipinski definition) is 5. The Kier molecular flexibility index (Phi) is 4.36. The number of nitriles is 1.